The van der Waals surface area contributed by atoms with Crippen molar-refractivity contribution in [2.45, 2.75) is 45.1 Å². The highest BCUT2D eigenvalue weighted by molar-refractivity contribution is 9.10. The lowest BCUT2D eigenvalue weighted by atomic mass is 9.91. The standard InChI is InChI=1S/C15H22BrFN2/c1-2-10-3-4-12(7-10)15(19-18)8-11-5-6-13(16)9-14(11)17/h5-6,9-10,12,15,19H,2-4,7-8,18H2,1H3. The third kappa shape index (κ3) is 3.77. The summed E-state index contributed by atoms with van der Waals surface area (Å²) in [6.07, 6.45) is 5.59. The van der Waals surface area contributed by atoms with Gasteiger partial charge in [-0.15, -0.1) is 0 Å². The van der Waals surface area contributed by atoms with Crippen molar-refractivity contribution in [3.8, 4) is 0 Å². The van der Waals surface area contributed by atoms with Gasteiger partial charge in [0.25, 0.3) is 0 Å². The number of halogens is 2. The molecule has 3 atom stereocenters. The Bertz CT molecular complexity index is 425. The number of hydrogen-bond acceptors (Lipinski definition) is 2. The van der Waals surface area contributed by atoms with E-state index in [0.717, 1.165) is 16.0 Å². The highest BCUT2D eigenvalue weighted by Crippen LogP contribution is 2.35. The maximum Gasteiger partial charge on any atom is 0.127 e. The minimum absolute atomic E-state index is 0.153. The van der Waals surface area contributed by atoms with Crippen LogP contribution in [0.2, 0.25) is 0 Å². The molecule has 0 spiro atoms. The molecule has 0 bridgehead atoms. The van der Waals surface area contributed by atoms with Gasteiger partial charge in [-0.3, -0.25) is 11.3 Å². The van der Waals surface area contributed by atoms with Gasteiger partial charge in [-0.05, 0) is 48.8 Å². The van der Waals surface area contributed by atoms with E-state index in [1.807, 2.05) is 12.1 Å². The summed E-state index contributed by atoms with van der Waals surface area (Å²) in [6.45, 7) is 2.24. The van der Waals surface area contributed by atoms with Crippen molar-refractivity contribution in [1.82, 2.24) is 5.43 Å². The monoisotopic (exact) mass is 328 g/mol. The van der Waals surface area contributed by atoms with Gasteiger partial charge >= 0.3 is 0 Å². The number of rotatable bonds is 5. The van der Waals surface area contributed by atoms with E-state index in [2.05, 4.69) is 28.3 Å². The summed E-state index contributed by atoms with van der Waals surface area (Å²) >= 11 is 3.28. The van der Waals surface area contributed by atoms with E-state index >= 15 is 0 Å². The van der Waals surface area contributed by atoms with E-state index < -0.39 is 0 Å². The van der Waals surface area contributed by atoms with Crippen molar-refractivity contribution < 1.29 is 4.39 Å². The number of benzene rings is 1. The van der Waals surface area contributed by atoms with Crippen LogP contribution < -0.4 is 11.3 Å². The lowest BCUT2D eigenvalue weighted by Crippen LogP contribution is -2.42. The van der Waals surface area contributed by atoms with E-state index in [4.69, 9.17) is 5.84 Å². The smallest absolute Gasteiger partial charge is 0.127 e. The third-order valence-corrected chi connectivity index (χ3v) is 4.89. The minimum Gasteiger partial charge on any atom is -0.271 e. The topological polar surface area (TPSA) is 38.0 Å². The first-order valence-corrected chi connectivity index (χ1v) is 7.83. The number of nitrogens with two attached hydrogens (primary N) is 1. The van der Waals surface area contributed by atoms with Crippen molar-refractivity contribution in [2.24, 2.45) is 17.7 Å². The minimum atomic E-state index is -0.153. The Kier molecular flexibility index (Phi) is 5.37. The summed E-state index contributed by atoms with van der Waals surface area (Å²) < 4.78 is 14.7. The Morgan fingerprint density at radius 2 is 2.26 bits per heavy atom. The van der Waals surface area contributed by atoms with E-state index in [1.54, 1.807) is 0 Å². The average Bonchev–Trinajstić information content (AvgIpc) is 2.86. The Balaban J connectivity index is 2.03. The molecule has 0 aliphatic heterocycles. The fourth-order valence-electron chi connectivity index (χ4n) is 3.14. The second kappa shape index (κ2) is 6.82. The molecular formula is C15H22BrFN2. The summed E-state index contributed by atoms with van der Waals surface area (Å²) in [7, 11) is 0. The zero-order valence-corrected chi connectivity index (χ0v) is 12.9. The predicted molar refractivity (Wildman–Crippen MR) is 80.0 cm³/mol. The Morgan fingerprint density at radius 3 is 2.84 bits per heavy atom. The van der Waals surface area contributed by atoms with Gasteiger partial charge in [0.1, 0.15) is 5.82 Å². The van der Waals surface area contributed by atoms with Gasteiger partial charge in [0.05, 0.1) is 0 Å². The van der Waals surface area contributed by atoms with Gasteiger partial charge in [-0.1, -0.05) is 41.8 Å². The molecule has 0 heterocycles. The van der Waals surface area contributed by atoms with Gasteiger partial charge < -0.3 is 0 Å². The third-order valence-electron chi connectivity index (χ3n) is 4.40. The van der Waals surface area contributed by atoms with Crippen LogP contribution >= 0.6 is 15.9 Å². The molecule has 4 heteroatoms. The van der Waals surface area contributed by atoms with Crippen LogP contribution in [0.5, 0.6) is 0 Å². The molecule has 1 saturated carbocycles. The zero-order chi connectivity index (χ0) is 13.8. The van der Waals surface area contributed by atoms with Crippen molar-refractivity contribution >= 4 is 15.9 Å². The fourth-order valence-corrected chi connectivity index (χ4v) is 3.47. The molecule has 1 fully saturated rings. The van der Waals surface area contributed by atoms with Crippen LogP contribution in [0.25, 0.3) is 0 Å². The van der Waals surface area contributed by atoms with E-state index in [-0.39, 0.29) is 11.9 Å². The van der Waals surface area contributed by atoms with Crippen LogP contribution in [0.4, 0.5) is 4.39 Å². The van der Waals surface area contributed by atoms with Crippen LogP contribution in [-0.2, 0) is 6.42 Å². The van der Waals surface area contributed by atoms with Gasteiger partial charge in [-0.2, -0.15) is 0 Å². The molecule has 3 N–H and O–H groups in total. The maximum atomic E-state index is 13.9. The van der Waals surface area contributed by atoms with E-state index in [1.165, 1.54) is 31.7 Å². The predicted octanol–water partition coefficient (Wildman–Crippen LogP) is 3.79. The van der Waals surface area contributed by atoms with Gasteiger partial charge in [0.2, 0.25) is 0 Å². The van der Waals surface area contributed by atoms with E-state index in [9.17, 15) is 4.39 Å². The van der Waals surface area contributed by atoms with Crippen LogP contribution in [-0.4, -0.2) is 6.04 Å². The van der Waals surface area contributed by atoms with Crippen molar-refractivity contribution in [2.75, 3.05) is 0 Å². The summed E-state index contributed by atoms with van der Waals surface area (Å²) in [5, 5.41) is 0. The molecule has 0 aromatic heterocycles. The molecule has 1 aromatic carbocycles. The average molecular weight is 329 g/mol. The SMILES string of the molecule is CCC1CCC(C(Cc2ccc(Br)cc2F)NN)C1. The summed E-state index contributed by atoms with van der Waals surface area (Å²) in [5.41, 5.74) is 3.64. The Labute approximate surface area is 123 Å². The quantitative estimate of drug-likeness (QED) is 0.637. The molecule has 2 nitrogen and oxygen atoms in total. The van der Waals surface area contributed by atoms with Crippen LogP contribution in [0.1, 0.15) is 38.2 Å². The molecule has 1 aromatic rings. The largest absolute Gasteiger partial charge is 0.271 e. The van der Waals surface area contributed by atoms with Crippen molar-refractivity contribution in [1.29, 1.82) is 0 Å². The molecule has 0 radical (unpaired) electrons. The molecule has 0 saturated heterocycles. The molecule has 1 aliphatic rings. The molecule has 2 rings (SSSR count). The first-order valence-electron chi connectivity index (χ1n) is 7.04. The first kappa shape index (κ1) is 14.9. The lowest BCUT2D eigenvalue weighted by molar-refractivity contribution is 0.345. The van der Waals surface area contributed by atoms with Crippen molar-refractivity contribution in [3.05, 3.63) is 34.1 Å². The summed E-state index contributed by atoms with van der Waals surface area (Å²) in [4.78, 5) is 0. The number of nitrogens with one attached hydrogen (secondary N) is 1. The number of hydrazine groups is 1. The molecular weight excluding hydrogens is 307 g/mol. The molecule has 19 heavy (non-hydrogen) atoms. The van der Waals surface area contributed by atoms with Crippen LogP contribution in [0.15, 0.2) is 22.7 Å². The molecule has 1 aliphatic carbocycles. The fraction of sp³-hybridized carbons (Fsp3) is 0.600. The van der Waals surface area contributed by atoms with Crippen molar-refractivity contribution in [3.63, 3.8) is 0 Å². The molecule has 106 valence electrons. The second-order valence-electron chi connectivity index (χ2n) is 5.56. The van der Waals surface area contributed by atoms with Crippen LogP contribution in [0, 0.1) is 17.7 Å². The highest BCUT2D eigenvalue weighted by atomic mass is 79.9. The number of hydrogen-bond donors (Lipinski definition) is 2. The first-order chi connectivity index (χ1) is 9.13. The molecule has 3 unspecified atom stereocenters. The Hall–Kier alpha value is -0.450. The van der Waals surface area contributed by atoms with Gasteiger partial charge in [0.15, 0.2) is 0 Å². The van der Waals surface area contributed by atoms with Crippen LogP contribution in [0.3, 0.4) is 0 Å². The summed E-state index contributed by atoms with van der Waals surface area (Å²) in [5.74, 6) is 6.92. The second-order valence-corrected chi connectivity index (χ2v) is 6.48. The van der Waals surface area contributed by atoms with Gasteiger partial charge in [0, 0.05) is 10.5 Å². The molecule has 0 amide bonds. The lowest BCUT2D eigenvalue weighted by Gasteiger charge is -2.23. The Morgan fingerprint density at radius 1 is 1.47 bits per heavy atom. The normalized spacial score (nSPS) is 24.6. The van der Waals surface area contributed by atoms with E-state index in [0.29, 0.717) is 12.3 Å². The maximum absolute atomic E-state index is 13.9. The van der Waals surface area contributed by atoms with Gasteiger partial charge in [-0.25, -0.2) is 4.39 Å². The highest BCUT2D eigenvalue weighted by Gasteiger charge is 2.29. The zero-order valence-electron chi connectivity index (χ0n) is 11.3. The summed E-state index contributed by atoms with van der Waals surface area (Å²) in [6, 6.07) is 5.42.